The number of pyridine rings is 1. The van der Waals surface area contributed by atoms with Gasteiger partial charge in [-0.25, -0.2) is 4.39 Å². The lowest BCUT2D eigenvalue weighted by Gasteiger charge is -2.46. The summed E-state index contributed by atoms with van der Waals surface area (Å²) in [6.07, 6.45) is 7.45. The third-order valence-electron chi connectivity index (χ3n) is 9.42. The molecule has 2 radical (unpaired) electrons. The molecule has 4 N–H and O–H groups in total. The molecule has 0 amide bonds. The van der Waals surface area contributed by atoms with Gasteiger partial charge in [-0.1, -0.05) is 26.3 Å². The van der Waals surface area contributed by atoms with Crippen LogP contribution in [0.1, 0.15) is 113 Å². The summed E-state index contributed by atoms with van der Waals surface area (Å²) in [6.45, 7) is 12.9. The van der Waals surface area contributed by atoms with Crippen LogP contribution in [-0.2, 0) is 25.7 Å². The molecular formula is C34H49BFN5O2. The number of halogens is 1. The second-order valence-corrected chi connectivity index (χ2v) is 13.6. The molecule has 1 aromatic carbocycles. The minimum absolute atomic E-state index is 0.124. The minimum Gasteiger partial charge on any atom is -0.398 e. The molecule has 0 spiro atoms. The van der Waals surface area contributed by atoms with E-state index in [1.165, 1.54) is 30.2 Å². The number of anilines is 2. The van der Waals surface area contributed by atoms with Crippen molar-refractivity contribution in [3.8, 4) is 6.07 Å². The van der Waals surface area contributed by atoms with Gasteiger partial charge in [-0.2, -0.15) is 5.26 Å². The van der Waals surface area contributed by atoms with Crippen LogP contribution in [0, 0.1) is 11.3 Å². The quantitative estimate of drug-likeness (QED) is 0.229. The van der Waals surface area contributed by atoms with E-state index < -0.39 is 17.5 Å². The van der Waals surface area contributed by atoms with Gasteiger partial charge in [0.1, 0.15) is 25.8 Å². The predicted octanol–water partition coefficient (Wildman–Crippen LogP) is 5.27. The molecule has 2 fully saturated rings. The molecule has 2 aliphatic heterocycles. The van der Waals surface area contributed by atoms with E-state index in [9.17, 15) is 19.9 Å². The van der Waals surface area contributed by atoms with Crippen LogP contribution in [0.3, 0.4) is 0 Å². The molecule has 3 heterocycles. The number of nitrogens with two attached hydrogens (primary N) is 1. The van der Waals surface area contributed by atoms with Crippen LogP contribution < -0.4 is 10.6 Å². The number of nitrogen functional groups attached to an aromatic ring is 1. The summed E-state index contributed by atoms with van der Waals surface area (Å²) in [6, 6.07) is 8.14. The summed E-state index contributed by atoms with van der Waals surface area (Å²) in [4.78, 5) is 8.69. The van der Waals surface area contributed by atoms with E-state index in [4.69, 9.17) is 18.6 Å². The van der Waals surface area contributed by atoms with Crippen molar-refractivity contribution in [2.45, 2.75) is 128 Å². The first-order valence-electron chi connectivity index (χ1n) is 15.9. The number of hydrogen-bond donors (Lipinski definition) is 3. The molecule has 9 heteroatoms. The van der Waals surface area contributed by atoms with E-state index in [1.807, 2.05) is 25.1 Å². The third-order valence-corrected chi connectivity index (χ3v) is 9.42. The lowest BCUT2D eigenvalue weighted by atomic mass is 9.77. The Hall–Kier alpha value is -2.67. The van der Waals surface area contributed by atoms with Gasteiger partial charge in [0.15, 0.2) is 0 Å². The van der Waals surface area contributed by atoms with Crippen molar-refractivity contribution in [3.63, 3.8) is 0 Å². The Balaban J connectivity index is 0.000000353. The number of nitriles is 1. The zero-order chi connectivity index (χ0) is 31.7. The molecule has 0 saturated carbocycles. The number of aryl methyl sites for hydroxylation is 2. The Morgan fingerprint density at radius 2 is 2.00 bits per heavy atom. The van der Waals surface area contributed by atoms with Crippen molar-refractivity contribution in [3.05, 3.63) is 51.8 Å². The van der Waals surface area contributed by atoms with Gasteiger partial charge in [-0.05, 0) is 120 Å². The van der Waals surface area contributed by atoms with E-state index in [-0.39, 0.29) is 11.5 Å². The number of nitrogens with zero attached hydrogens (tertiary/aromatic N) is 4. The van der Waals surface area contributed by atoms with Crippen LogP contribution in [0.2, 0.25) is 0 Å². The normalized spacial score (nSPS) is 24.7. The van der Waals surface area contributed by atoms with E-state index in [2.05, 4.69) is 24.8 Å². The predicted molar refractivity (Wildman–Crippen MR) is 172 cm³/mol. The van der Waals surface area contributed by atoms with E-state index in [0.29, 0.717) is 42.7 Å². The van der Waals surface area contributed by atoms with E-state index >= 15 is 0 Å². The number of hydrogen-bond acceptors (Lipinski definition) is 7. The van der Waals surface area contributed by atoms with Crippen LogP contribution in [0.5, 0.6) is 0 Å². The molecule has 2 aromatic rings. The zero-order valence-electron chi connectivity index (χ0n) is 26.9. The Kier molecular flexibility index (Phi) is 9.85. The maximum atomic E-state index is 12.8. The molecule has 43 heavy (non-hydrogen) atoms. The molecule has 7 nitrogen and oxygen atoms in total. The fourth-order valence-corrected chi connectivity index (χ4v) is 7.64. The van der Waals surface area contributed by atoms with Crippen LogP contribution in [0.25, 0.3) is 0 Å². The second-order valence-electron chi connectivity index (χ2n) is 13.6. The Morgan fingerprint density at radius 1 is 1.28 bits per heavy atom. The fourth-order valence-electron chi connectivity index (χ4n) is 7.64. The van der Waals surface area contributed by atoms with Gasteiger partial charge in [0.05, 0.1) is 11.2 Å². The number of rotatable bonds is 7. The highest BCUT2D eigenvalue weighted by Gasteiger charge is 2.44. The number of benzene rings is 1. The number of fused-ring (bicyclic) bond motifs is 2. The number of alkyl halides is 1. The maximum absolute atomic E-state index is 12.8. The summed E-state index contributed by atoms with van der Waals surface area (Å²) < 4.78 is 12.8. The number of aromatic nitrogens is 1. The molecule has 4 unspecified atom stereocenters. The zero-order valence-corrected chi connectivity index (χ0v) is 26.9. The van der Waals surface area contributed by atoms with Crippen molar-refractivity contribution < 1.29 is 14.6 Å². The Bertz CT molecular complexity index is 1330. The van der Waals surface area contributed by atoms with Crippen LogP contribution in [-0.4, -0.2) is 64.1 Å². The van der Waals surface area contributed by atoms with Gasteiger partial charge < -0.3 is 20.8 Å². The molecule has 2 saturated heterocycles. The summed E-state index contributed by atoms with van der Waals surface area (Å²) in [5.74, 6) is 0.124. The summed E-state index contributed by atoms with van der Waals surface area (Å²) in [7, 11) is 6.10. The van der Waals surface area contributed by atoms with Gasteiger partial charge in [0.2, 0.25) is 0 Å². The van der Waals surface area contributed by atoms with Gasteiger partial charge in [-0.15, -0.1) is 0 Å². The molecule has 1 aliphatic carbocycles. The Labute approximate surface area is 258 Å². The van der Waals surface area contributed by atoms with Crippen LogP contribution in [0.4, 0.5) is 15.8 Å². The summed E-state index contributed by atoms with van der Waals surface area (Å²) >= 11 is 0. The molecule has 0 bridgehead atoms. The Morgan fingerprint density at radius 3 is 2.58 bits per heavy atom. The first-order chi connectivity index (χ1) is 20.1. The average Bonchev–Trinajstić information content (AvgIpc) is 3.40. The molecule has 3 aliphatic rings. The lowest BCUT2D eigenvalue weighted by molar-refractivity contribution is 0.0109. The molecular weight excluding hydrogens is 540 g/mol. The van der Waals surface area contributed by atoms with Crippen molar-refractivity contribution in [2.24, 2.45) is 0 Å². The second kappa shape index (κ2) is 12.7. The first kappa shape index (κ1) is 33.2. The third kappa shape index (κ3) is 7.03. The van der Waals surface area contributed by atoms with Crippen LogP contribution in [0.15, 0.2) is 18.2 Å². The highest BCUT2D eigenvalue weighted by Crippen LogP contribution is 2.43. The van der Waals surface area contributed by atoms with E-state index in [1.54, 1.807) is 13.8 Å². The van der Waals surface area contributed by atoms with E-state index in [0.717, 1.165) is 54.7 Å². The standard InChI is InChI=1S/C26H35BN4O2.C8H14FN/c1-6-8-16-10-12-21(29)20(15-28)24(16)17-9-11-19-22(13-17)30-18(7-2)14-23(19)31(25(3,4)32)26(5,27)33;1-8-3-2-4-10(8)6-7(9)5-8/h10,12,14,17,32-33H,6-9,11,13,29H2,1-5H3;7H,2-6H2,1H3. The first-order valence-corrected chi connectivity index (χ1v) is 15.9. The highest BCUT2D eigenvalue weighted by atomic mass is 19.1. The maximum Gasteiger partial charge on any atom is 0.143 e. The van der Waals surface area contributed by atoms with Gasteiger partial charge in [0, 0.05) is 34.8 Å². The van der Waals surface area contributed by atoms with Gasteiger partial charge in [0.25, 0.3) is 0 Å². The minimum atomic E-state index is -1.76. The topological polar surface area (TPSA) is 110 Å². The van der Waals surface area contributed by atoms with Crippen LogP contribution >= 0.6 is 0 Å². The summed E-state index contributed by atoms with van der Waals surface area (Å²) in [5, 5.41) is 31.5. The SMILES string of the molecule is CC12CCCN1CC(F)C2.[B]C(C)(O)N(c1cc(CC)nc2c1CCC(c1c(CCC)ccc(N)c1C#N)C2)C(C)(C)O. The molecule has 1 aromatic heterocycles. The molecule has 5 rings (SSSR count). The highest BCUT2D eigenvalue weighted by molar-refractivity contribution is 6.15. The fraction of sp³-hybridized carbons (Fsp3) is 0.647. The number of aliphatic hydroxyl groups is 2. The van der Waals surface area contributed by atoms with Gasteiger partial charge >= 0.3 is 0 Å². The van der Waals surface area contributed by atoms with Gasteiger partial charge in [-0.3, -0.25) is 9.88 Å². The summed E-state index contributed by atoms with van der Waals surface area (Å²) in [5.41, 5.74) is 10.1. The lowest BCUT2D eigenvalue weighted by Crippen LogP contribution is -2.58. The van der Waals surface area contributed by atoms with Crippen molar-refractivity contribution in [1.82, 2.24) is 9.88 Å². The van der Waals surface area contributed by atoms with Crippen molar-refractivity contribution >= 4 is 19.2 Å². The van der Waals surface area contributed by atoms with Crippen molar-refractivity contribution in [1.29, 1.82) is 5.26 Å². The average molecular weight is 590 g/mol. The van der Waals surface area contributed by atoms with Crippen molar-refractivity contribution in [2.75, 3.05) is 23.7 Å². The smallest absolute Gasteiger partial charge is 0.143 e. The monoisotopic (exact) mass is 589 g/mol. The molecule has 4 atom stereocenters. The largest absolute Gasteiger partial charge is 0.398 e. The molecule has 232 valence electrons.